The van der Waals surface area contributed by atoms with E-state index in [0.29, 0.717) is 26.2 Å². The second kappa shape index (κ2) is 9.79. The van der Waals surface area contributed by atoms with Gasteiger partial charge in [0, 0.05) is 30.6 Å². The Hall–Kier alpha value is -2.82. The minimum absolute atomic E-state index is 0.00409. The zero-order valence-electron chi connectivity index (χ0n) is 18.5. The lowest BCUT2D eigenvalue weighted by molar-refractivity contribution is -0.136. The summed E-state index contributed by atoms with van der Waals surface area (Å²) in [6, 6.07) is 14.0. The van der Waals surface area contributed by atoms with Crippen LogP contribution in [0.5, 0.6) is 5.75 Å². The van der Waals surface area contributed by atoms with Crippen molar-refractivity contribution in [2.24, 2.45) is 5.92 Å². The average molecular weight is 409 g/mol. The van der Waals surface area contributed by atoms with Gasteiger partial charge in [-0.25, -0.2) is 0 Å². The fraction of sp³-hybridized carbons (Fsp3) is 0.440. The summed E-state index contributed by atoms with van der Waals surface area (Å²) in [7, 11) is 0. The zero-order chi connectivity index (χ0) is 21.7. The smallest absolute Gasteiger partial charge is 0.226 e. The number of carbonyl (C=O) groups excluding carboxylic acids is 2. The topological polar surface area (TPSA) is 49.9 Å². The molecule has 0 atom stereocenters. The third-order valence-electron chi connectivity index (χ3n) is 5.82. The van der Waals surface area contributed by atoms with Gasteiger partial charge in [0.15, 0.2) is 0 Å². The van der Waals surface area contributed by atoms with E-state index in [2.05, 4.69) is 19.9 Å². The number of rotatable bonds is 6. The SMILES string of the molecule is CCC(CC)C(=O)N1CCOc2ccc(CN(C(C)=O)c3ccc(C)cc3)cc2C1. The first-order valence-corrected chi connectivity index (χ1v) is 10.8. The van der Waals surface area contributed by atoms with E-state index in [1.54, 1.807) is 11.8 Å². The lowest BCUT2D eigenvalue weighted by atomic mass is 10.0. The van der Waals surface area contributed by atoms with Crippen LogP contribution in [0.1, 0.15) is 50.3 Å². The summed E-state index contributed by atoms with van der Waals surface area (Å²) in [4.78, 5) is 28.9. The van der Waals surface area contributed by atoms with E-state index in [-0.39, 0.29) is 17.7 Å². The number of hydrogen-bond acceptors (Lipinski definition) is 3. The highest BCUT2D eigenvalue weighted by molar-refractivity contribution is 5.91. The van der Waals surface area contributed by atoms with Crippen molar-refractivity contribution < 1.29 is 14.3 Å². The zero-order valence-corrected chi connectivity index (χ0v) is 18.5. The van der Waals surface area contributed by atoms with Crippen LogP contribution >= 0.6 is 0 Å². The van der Waals surface area contributed by atoms with Gasteiger partial charge in [0.05, 0.1) is 13.1 Å². The molecule has 0 unspecified atom stereocenters. The largest absolute Gasteiger partial charge is 0.491 e. The van der Waals surface area contributed by atoms with Crippen LogP contribution in [0.2, 0.25) is 0 Å². The minimum Gasteiger partial charge on any atom is -0.491 e. The van der Waals surface area contributed by atoms with Crippen molar-refractivity contribution in [1.29, 1.82) is 0 Å². The van der Waals surface area contributed by atoms with Crippen LogP contribution in [0.4, 0.5) is 5.69 Å². The fourth-order valence-electron chi connectivity index (χ4n) is 3.92. The van der Waals surface area contributed by atoms with Crippen molar-refractivity contribution >= 4 is 17.5 Å². The first-order chi connectivity index (χ1) is 14.4. The van der Waals surface area contributed by atoms with E-state index in [4.69, 9.17) is 4.74 Å². The molecule has 0 radical (unpaired) electrons. The van der Waals surface area contributed by atoms with Crippen LogP contribution in [0.15, 0.2) is 42.5 Å². The van der Waals surface area contributed by atoms with Gasteiger partial charge in [-0.05, 0) is 49.6 Å². The maximum Gasteiger partial charge on any atom is 0.226 e. The highest BCUT2D eigenvalue weighted by Gasteiger charge is 2.25. The summed E-state index contributed by atoms with van der Waals surface area (Å²) in [5.74, 6) is 1.08. The Morgan fingerprint density at radius 3 is 2.43 bits per heavy atom. The molecule has 2 amide bonds. The molecule has 160 valence electrons. The number of amides is 2. The maximum absolute atomic E-state index is 12.9. The molecule has 5 nitrogen and oxygen atoms in total. The van der Waals surface area contributed by atoms with Gasteiger partial charge in [-0.15, -0.1) is 0 Å². The molecule has 1 heterocycles. The molecule has 3 rings (SSSR count). The molecule has 0 spiro atoms. The number of anilines is 1. The van der Waals surface area contributed by atoms with Gasteiger partial charge >= 0.3 is 0 Å². The highest BCUT2D eigenvalue weighted by Crippen LogP contribution is 2.27. The molecule has 0 N–H and O–H groups in total. The molecule has 30 heavy (non-hydrogen) atoms. The molecule has 1 aliphatic heterocycles. The van der Waals surface area contributed by atoms with Crippen molar-refractivity contribution in [3.8, 4) is 5.75 Å². The van der Waals surface area contributed by atoms with Gasteiger partial charge in [0.2, 0.25) is 11.8 Å². The summed E-state index contributed by atoms with van der Waals surface area (Å²) in [6.45, 7) is 9.87. The second-order valence-electron chi connectivity index (χ2n) is 8.00. The van der Waals surface area contributed by atoms with Crippen molar-refractivity contribution in [2.75, 3.05) is 18.1 Å². The molecule has 5 heteroatoms. The van der Waals surface area contributed by atoms with Gasteiger partial charge in [-0.2, -0.15) is 0 Å². The summed E-state index contributed by atoms with van der Waals surface area (Å²) < 4.78 is 5.91. The van der Waals surface area contributed by atoms with Crippen molar-refractivity contribution in [3.05, 3.63) is 59.2 Å². The predicted octanol–water partition coefficient (Wildman–Crippen LogP) is 4.71. The minimum atomic E-state index is -0.00409. The summed E-state index contributed by atoms with van der Waals surface area (Å²) >= 11 is 0. The van der Waals surface area contributed by atoms with Gasteiger partial charge in [0.25, 0.3) is 0 Å². The maximum atomic E-state index is 12.9. The van der Waals surface area contributed by atoms with Crippen LogP contribution in [0.3, 0.4) is 0 Å². The van der Waals surface area contributed by atoms with Gasteiger partial charge < -0.3 is 14.5 Å². The number of aryl methyl sites for hydroxylation is 1. The molecule has 0 saturated heterocycles. The Morgan fingerprint density at radius 1 is 1.10 bits per heavy atom. The van der Waals surface area contributed by atoms with E-state index >= 15 is 0 Å². The van der Waals surface area contributed by atoms with Gasteiger partial charge in [-0.3, -0.25) is 9.59 Å². The third-order valence-corrected chi connectivity index (χ3v) is 5.82. The molecule has 0 fully saturated rings. The molecular weight excluding hydrogens is 376 g/mol. The van der Waals surface area contributed by atoms with Crippen LogP contribution < -0.4 is 9.64 Å². The summed E-state index contributed by atoms with van der Waals surface area (Å²) in [5, 5.41) is 0. The number of hydrogen-bond donors (Lipinski definition) is 0. The van der Waals surface area contributed by atoms with Crippen LogP contribution in [-0.4, -0.2) is 29.9 Å². The Labute approximate surface area is 179 Å². The summed E-state index contributed by atoms with van der Waals surface area (Å²) in [5.41, 5.74) is 4.05. The quantitative estimate of drug-likeness (QED) is 0.696. The number of carbonyl (C=O) groups is 2. The molecule has 0 saturated carbocycles. The lowest BCUT2D eigenvalue weighted by Crippen LogP contribution is -2.36. The highest BCUT2D eigenvalue weighted by atomic mass is 16.5. The number of nitrogens with zero attached hydrogens (tertiary/aromatic N) is 2. The van der Waals surface area contributed by atoms with Gasteiger partial charge in [0.1, 0.15) is 12.4 Å². The third kappa shape index (κ3) is 5.02. The normalized spacial score (nSPS) is 13.4. The predicted molar refractivity (Wildman–Crippen MR) is 119 cm³/mol. The molecule has 0 aromatic heterocycles. The average Bonchev–Trinajstić information content (AvgIpc) is 2.95. The van der Waals surface area contributed by atoms with Crippen LogP contribution in [-0.2, 0) is 22.7 Å². The molecule has 0 bridgehead atoms. The van der Waals surface area contributed by atoms with Crippen molar-refractivity contribution in [2.45, 2.75) is 53.6 Å². The van der Waals surface area contributed by atoms with Gasteiger partial charge in [-0.1, -0.05) is 37.6 Å². The van der Waals surface area contributed by atoms with Crippen molar-refractivity contribution in [1.82, 2.24) is 4.90 Å². The van der Waals surface area contributed by atoms with E-state index in [1.807, 2.05) is 48.2 Å². The number of ether oxygens (including phenoxy) is 1. The van der Waals surface area contributed by atoms with E-state index < -0.39 is 0 Å². The lowest BCUT2D eigenvalue weighted by Gasteiger charge is -2.25. The molecule has 2 aromatic rings. The molecule has 0 aliphatic carbocycles. The summed E-state index contributed by atoms with van der Waals surface area (Å²) in [6.07, 6.45) is 1.70. The fourth-order valence-corrected chi connectivity index (χ4v) is 3.92. The first kappa shape index (κ1) is 21.9. The Bertz CT molecular complexity index is 888. The number of benzene rings is 2. The first-order valence-electron chi connectivity index (χ1n) is 10.8. The Kier molecular flexibility index (Phi) is 7.14. The molecular formula is C25H32N2O3. The monoisotopic (exact) mass is 408 g/mol. The number of fused-ring (bicyclic) bond motifs is 1. The molecule has 2 aromatic carbocycles. The molecule has 1 aliphatic rings. The Morgan fingerprint density at radius 2 is 1.80 bits per heavy atom. The van der Waals surface area contributed by atoms with Crippen molar-refractivity contribution in [3.63, 3.8) is 0 Å². The van der Waals surface area contributed by atoms with E-state index in [1.165, 1.54) is 0 Å². The van der Waals surface area contributed by atoms with Crippen LogP contribution in [0, 0.1) is 12.8 Å². The Balaban J connectivity index is 1.83. The second-order valence-corrected chi connectivity index (χ2v) is 8.00. The standard InChI is InChI=1S/C25H32N2O3/c1-5-21(6-2)25(29)26-13-14-30-24-12-9-20(15-22(24)17-26)16-27(19(4)28)23-10-7-18(3)8-11-23/h7-12,15,21H,5-6,13-14,16-17H2,1-4H3. The van der Waals surface area contributed by atoms with Crippen LogP contribution in [0.25, 0.3) is 0 Å². The van der Waals surface area contributed by atoms with E-state index in [0.717, 1.165) is 41.0 Å². The van der Waals surface area contributed by atoms with E-state index in [9.17, 15) is 9.59 Å².